The molecule has 1 aliphatic heterocycles. The average molecular weight is 387 g/mol. The molecule has 0 spiro atoms. The Morgan fingerprint density at radius 2 is 1.75 bits per heavy atom. The van der Waals surface area contributed by atoms with Gasteiger partial charge in [0.2, 0.25) is 0 Å². The van der Waals surface area contributed by atoms with Gasteiger partial charge in [-0.2, -0.15) is 0 Å². The molecule has 1 amide bonds. The lowest BCUT2D eigenvalue weighted by Gasteiger charge is -2.20. The highest BCUT2D eigenvalue weighted by molar-refractivity contribution is 5.85. The van der Waals surface area contributed by atoms with Crippen molar-refractivity contribution < 1.29 is 11.0 Å². The SMILES string of the molecule is CC.CC.COC(=O)Nc1ccc2c(c1)CCN2Cc1ccc(C(C)C)cc1.[HH]. The van der Waals surface area contributed by atoms with Crippen LogP contribution in [0, 0.1) is 0 Å². The van der Waals surface area contributed by atoms with Crippen LogP contribution in [0.3, 0.4) is 0 Å². The number of nitrogens with zero attached hydrogens (tertiary/aromatic N) is 1. The van der Waals surface area contributed by atoms with Crippen LogP contribution in [-0.2, 0) is 17.7 Å². The number of carbonyl (C=O) groups is 1. The first-order valence-electron chi connectivity index (χ1n) is 10.4. The van der Waals surface area contributed by atoms with Crippen molar-refractivity contribution >= 4 is 17.5 Å². The predicted octanol–water partition coefficient (Wildman–Crippen LogP) is 6.85. The molecule has 0 saturated carbocycles. The van der Waals surface area contributed by atoms with Gasteiger partial charge in [0.15, 0.2) is 0 Å². The molecule has 156 valence electrons. The highest BCUT2D eigenvalue weighted by Gasteiger charge is 2.19. The van der Waals surface area contributed by atoms with E-state index < -0.39 is 6.09 Å². The molecule has 0 radical (unpaired) electrons. The van der Waals surface area contributed by atoms with Gasteiger partial charge in [-0.3, -0.25) is 5.32 Å². The van der Waals surface area contributed by atoms with E-state index >= 15 is 0 Å². The Labute approximate surface area is 172 Å². The number of methoxy groups -OCH3 is 1. The van der Waals surface area contributed by atoms with Crippen LogP contribution in [0.25, 0.3) is 0 Å². The fourth-order valence-corrected chi connectivity index (χ4v) is 3.11. The van der Waals surface area contributed by atoms with Gasteiger partial charge in [0.1, 0.15) is 0 Å². The second kappa shape index (κ2) is 12.1. The molecule has 0 saturated heterocycles. The lowest BCUT2D eigenvalue weighted by molar-refractivity contribution is 0.187. The van der Waals surface area contributed by atoms with E-state index in [1.54, 1.807) is 0 Å². The summed E-state index contributed by atoms with van der Waals surface area (Å²) in [6.45, 7) is 14.3. The number of hydrogen-bond acceptors (Lipinski definition) is 3. The lowest BCUT2D eigenvalue weighted by Crippen LogP contribution is -2.19. The summed E-state index contributed by atoms with van der Waals surface area (Å²) in [5.74, 6) is 0.562. The first-order chi connectivity index (χ1) is 13.6. The summed E-state index contributed by atoms with van der Waals surface area (Å²) in [5, 5.41) is 2.72. The zero-order valence-corrected chi connectivity index (χ0v) is 18.5. The first kappa shape index (κ1) is 23.5. The summed E-state index contributed by atoms with van der Waals surface area (Å²) in [6.07, 6.45) is 0.561. The molecule has 0 aromatic heterocycles. The van der Waals surface area contributed by atoms with Crippen molar-refractivity contribution in [2.24, 2.45) is 0 Å². The topological polar surface area (TPSA) is 41.6 Å². The molecule has 0 bridgehead atoms. The second-order valence-corrected chi connectivity index (χ2v) is 6.53. The fourth-order valence-electron chi connectivity index (χ4n) is 3.11. The molecule has 1 heterocycles. The van der Waals surface area contributed by atoms with E-state index in [1.807, 2.05) is 39.8 Å². The first-order valence-corrected chi connectivity index (χ1v) is 10.4. The number of nitrogens with one attached hydrogen (secondary N) is 1. The Bertz CT molecular complexity index is 730. The minimum atomic E-state index is -0.435. The van der Waals surface area contributed by atoms with Crippen molar-refractivity contribution in [2.75, 3.05) is 23.9 Å². The Balaban J connectivity index is 0.00000148. The van der Waals surface area contributed by atoms with E-state index in [4.69, 9.17) is 0 Å². The lowest BCUT2D eigenvalue weighted by atomic mass is 10.0. The van der Waals surface area contributed by atoms with Gasteiger partial charge in [-0.1, -0.05) is 65.8 Å². The number of ether oxygens (including phenoxy) is 1. The van der Waals surface area contributed by atoms with Gasteiger partial charge >= 0.3 is 6.09 Å². The number of rotatable bonds is 4. The smallest absolute Gasteiger partial charge is 0.411 e. The van der Waals surface area contributed by atoms with E-state index in [0.29, 0.717) is 5.92 Å². The number of amides is 1. The summed E-state index contributed by atoms with van der Waals surface area (Å²) in [5.41, 5.74) is 5.99. The maximum Gasteiger partial charge on any atom is 0.411 e. The van der Waals surface area contributed by atoms with E-state index in [2.05, 4.69) is 59.1 Å². The van der Waals surface area contributed by atoms with Crippen LogP contribution in [0.4, 0.5) is 16.2 Å². The minimum Gasteiger partial charge on any atom is -0.453 e. The molecule has 2 aromatic rings. The maximum atomic E-state index is 11.3. The van der Waals surface area contributed by atoms with Crippen LogP contribution in [0.2, 0.25) is 0 Å². The van der Waals surface area contributed by atoms with Gasteiger partial charge in [-0.05, 0) is 47.2 Å². The fraction of sp³-hybridized carbons (Fsp3) is 0.458. The number of carbonyl (C=O) groups excluding carboxylic acids is 1. The molecule has 4 heteroatoms. The summed E-state index contributed by atoms with van der Waals surface area (Å²) in [4.78, 5) is 13.7. The standard InChI is InChI=1S/C20H24N2O2.2C2H6.H2/c1-14(2)16-6-4-15(5-7-16)13-22-11-10-17-12-18(8-9-19(17)22)21-20(23)24-3;2*1-2;/h4-9,12,14H,10-11,13H2,1-3H3,(H,21,23);2*1-2H3;1H. The molecule has 1 aliphatic rings. The summed E-state index contributed by atoms with van der Waals surface area (Å²) in [7, 11) is 1.37. The molecule has 0 fully saturated rings. The highest BCUT2D eigenvalue weighted by Crippen LogP contribution is 2.31. The minimum absolute atomic E-state index is 0. The molecular formula is C24H38N2O2. The van der Waals surface area contributed by atoms with Crippen molar-refractivity contribution in [2.45, 2.75) is 60.4 Å². The Kier molecular flexibility index (Phi) is 10.1. The number of anilines is 2. The van der Waals surface area contributed by atoms with Crippen molar-refractivity contribution in [3.05, 3.63) is 59.2 Å². The third kappa shape index (κ3) is 6.29. The molecule has 2 aromatic carbocycles. The summed E-state index contributed by atoms with van der Waals surface area (Å²) in [6, 6.07) is 14.9. The van der Waals surface area contributed by atoms with E-state index in [-0.39, 0.29) is 1.43 Å². The molecule has 4 nitrogen and oxygen atoms in total. The molecule has 0 aliphatic carbocycles. The molecule has 28 heavy (non-hydrogen) atoms. The van der Waals surface area contributed by atoms with E-state index in [0.717, 1.165) is 25.2 Å². The zero-order valence-electron chi connectivity index (χ0n) is 18.5. The van der Waals surface area contributed by atoms with E-state index in [1.165, 1.54) is 29.5 Å². The van der Waals surface area contributed by atoms with E-state index in [9.17, 15) is 4.79 Å². The highest BCUT2D eigenvalue weighted by atomic mass is 16.5. The Morgan fingerprint density at radius 1 is 1.11 bits per heavy atom. The molecule has 0 atom stereocenters. The molecular weight excluding hydrogens is 348 g/mol. The van der Waals surface area contributed by atoms with Crippen LogP contribution in [-0.4, -0.2) is 19.7 Å². The second-order valence-electron chi connectivity index (χ2n) is 6.53. The average Bonchev–Trinajstić information content (AvgIpc) is 3.13. The monoisotopic (exact) mass is 386 g/mol. The number of fused-ring (bicyclic) bond motifs is 1. The number of hydrogen-bond donors (Lipinski definition) is 1. The molecule has 3 rings (SSSR count). The van der Waals surface area contributed by atoms with Crippen molar-refractivity contribution in [3.63, 3.8) is 0 Å². The summed E-state index contributed by atoms with van der Waals surface area (Å²) < 4.78 is 4.64. The van der Waals surface area contributed by atoms with Crippen molar-refractivity contribution in [3.8, 4) is 0 Å². The third-order valence-corrected chi connectivity index (χ3v) is 4.52. The van der Waals surface area contributed by atoms with Gasteiger partial charge in [0.25, 0.3) is 0 Å². The predicted molar refractivity (Wildman–Crippen MR) is 123 cm³/mol. The van der Waals surface area contributed by atoms with Crippen molar-refractivity contribution in [1.29, 1.82) is 0 Å². The zero-order chi connectivity index (χ0) is 21.1. The maximum absolute atomic E-state index is 11.3. The molecule has 0 unspecified atom stereocenters. The van der Waals surface area contributed by atoms with Crippen LogP contribution < -0.4 is 10.2 Å². The molecule has 1 N–H and O–H groups in total. The van der Waals surface area contributed by atoms with Crippen LogP contribution in [0.5, 0.6) is 0 Å². The van der Waals surface area contributed by atoms with Crippen LogP contribution in [0.1, 0.15) is 65.6 Å². The van der Waals surface area contributed by atoms with Gasteiger partial charge in [-0.15, -0.1) is 0 Å². The largest absolute Gasteiger partial charge is 0.453 e. The number of benzene rings is 2. The van der Waals surface area contributed by atoms with Crippen molar-refractivity contribution in [1.82, 2.24) is 0 Å². The van der Waals surface area contributed by atoms with Gasteiger partial charge < -0.3 is 9.64 Å². The third-order valence-electron chi connectivity index (χ3n) is 4.52. The van der Waals surface area contributed by atoms with Crippen LogP contribution >= 0.6 is 0 Å². The summed E-state index contributed by atoms with van der Waals surface area (Å²) >= 11 is 0. The van der Waals surface area contributed by atoms with Gasteiger partial charge in [0.05, 0.1) is 7.11 Å². The van der Waals surface area contributed by atoms with Gasteiger partial charge in [-0.25, -0.2) is 4.79 Å². The van der Waals surface area contributed by atoms with Gasteiger partial charge in [0, 0.05) is 25.9 Å². The van der Waals surface area contributed by atoms with Crippen LogP contribution in [0.15, 0.2) is 42.5 Å². The normalized spacial score (nSPS) is 11.6. The Morgan fingerprint density at radius 3 is 2.32 bits per heavy atom. The Hall–Kier alpha value is -2.49. The quantitative estimate of drug-likeness (QED) is 0.625.